The Morgan fingerprint density at radius 2 is 2.15 bits per heavy atom. The number of likely N-dealkylation sites (N-methyl/N-ethyl adjacent to an activating group) is 2. The Morgan fingerprint density at radius 1 is 1.35 bits per heavy atom. The SMILES string of the molecule is CCCNC(c1cccc(F)c1)C1CN(C)CCN1C. The second kappa shape index (κ2) is 7.16. The van der Waals surface area contributed by atoms with E-state index in [-0.39, 0.29) is 11.9 Å². The molecule has 1 saturated heterocycles. The summed E-state index contributed by atoms with van der Waals surface area (Å²) >= 11 is 0. The van der Waals surface area contributed by atoms with E-state index >= 15 is 0 Å². The fourth-order valence-electron chi connectivity index (χ4n) is 2.88. The van der Waals surface area contributed by atoms with Crippen LogP contribution in [0.25, 0.3) is 0 Å². The van der Waals surface area contributed by atoms with Crippen molar-refractivity contribution in [3.63, 3.8) is 0 Å². The molecule has 2 rings (SSSR count). The summed E-state index contributed by atoms with van der Waals surface area (Å²) in [6.45, 7) is 6.27. The van der Waals surface area contributed by atoms with Crippen molar-refractivity contribution in [3.8, 4) is 0 Å². The van der Waals surface area contributed by atoms with Crippen molar-refractivity contribution in [2.45, 2.75) is 25.4 Å². The molecule has 1 aromatic carbocycles. The summed E-state index contributed by atoms with van der Waals surface area (Å²) in [4.78, 5) is 4.74. The fraction of sp³-hybridized carbons (Fsp3) is 0.625. The number of rotatable bonds is 5. The minimum absolute atomic E-state index is 0.155. The van der Waals surface area contributed by atoms with Crippen LogP contribution in [-0.4, -0.2) is 56.1 Å². The van der Waals surface area contributed by atoms with Gasteiger partial charge in [0.25, 0.3) is 0 Å². The highest BCUT2D eigenvalue weighted by Crippen LogP contribution is 2.24. The van der Waals surface area contributed by atoms with E-state index in [1.165, 1.54) is 6.07 Å². The van der Waals surface area contributed by atoms with E-state index < -0.39 is 0 Å². The van der Waals surface area contributed by atoms with Crippen LogP contribution < -0.4 is 5.32 Å². The maximum Gasteiger partial charge on any atom is 0.123 e. The lowest BCUT2D eigenvalue weighted by molar-refractivity contribution is 0.0875. The van der Waals surface area contributed by atoms with Crippen LogP contribution in [0.2, 0.25) is 0 Å². The first kappa shape index (κ1) is 15.4. The quantitative estimate of drug-likeness (QED) is 0.890. The van der Waals surface area contributed by atoms with Crippen LogP contribution in [0.5, 0.6) is 0 Å². The second-order valence-electron chi connectivity index (χ2n) is 5.80. The van der Waals surface area contributed by atoms with E-state index in [9.17, 15) is 4.39 Å². The van der Waals surface area contributed by atoms with E-state index in [0.717, 1.165) is 38.2 Å². The molecule has 2 atom stereocenters. The van der Waals surface area contributed by atoms with Crippen LogP contribution in [-0.2, 0) is 0 Å². The van der Waals surface area contributed by atoms with E-state index in [0.29, 0.717) is 6.04 Å². The van der Waals surface area contributed by atoms with Crippen LogP contribution in [0.1, 0.15) is 24.9 Å². The molecule has 20 heavy (non-hydrogen) atoms. The van der Waals surface area contributed by atoms with Crippen molar-refractivity contribution in [3.05, 3.63) is 35.6 Å². The first-order chi connectivity index (χ1) is 9.61. The molecule has 0 bridgehead atoms. The van der Waals surface area contributed by atoms with Gasteiger partial charge in [-0.3, -0.25) is 4.90 Å². The second-order valence-corrected chi connectivity index (χ2v) is 5.80. The molecule has 0 saturated carbocycles. The van der Waals surface area contributed by atoms with Gasteiger partial charge in [0.15, 0.2) is 0 Å². The van der Waals surface area contributed by atoms with E-state index in [1.807, 2.05) is 6.07 Å². The van der Waals surface area contributed by atoms with E-state index in [4.69, 9.17) is 0 Å². The van der Waals surface area contributed by atoms with Crippen LogP contribution in [0.3, 0.4) is 0 Å². The van der Waals surface area contributed by atoms with E-state index in [2.05, 4.69) is 36.1 Å². The standard InChI is InChI=1S/C16H26FN3/c1-4-8-18-16(13-6-5-7-14(17)11-13)15-12-19(2)9-10-20(15)3/h5-7,11,15-16,18H,4,8-10,12H2,1-3H3. The Kier molecular flexibility index (Phi) is 5.52. The number of piperazine rings is 1. The average molecular weight is 279 g/mol. The Labute approximate surface area is 121 Å². The van der Waals surface area contributed by atoms with Gasteiger partial charge < -0.3 is 10.2 Å². The largest absolute Gasteiger partial charge is 0.309 e. The fourth-order valence-corrected chi connectivity index (χ4v) is 2.88. The van der Waals surface area contributed by atoms with Crippen molar-refractivity contribution in [1.82, 2.24) is 15.1 Å². The smallest absolute Gasteiger partial charge is 0.123 e. The lowest BCUT2D eigenvalue weighted by Gasteiger charge is -2.42. The van der Waals surface area contributed by atoms with Gasteiger partial charge in [0.05, 0.1) is 0 Å². The molecule has 4 heteroatoms. The molecule has 3 nitrogen and oxygen atoms in total. The van der Waals surface area contributed by atoms with Gasteiger partial charge in [-0.05, 0) is 44.8 Å². The van der Waals surface area contributed by atoms with Crippen molar-refractivity contribution in [2.75, 3.05) is 40.3 Å². The maximum absolute atomic E-state index is 13.5. The van der Waals surface area contributed by atoms with Crippen molar-refractivity contribution in [1.29, 1.82) is 0 Å². The molecule has 1 N–H and O–H groups in total. The highest BCUT2D eigenvalue weighted by atomic mass is 19.1. The molecule has 112 valence electrons. The molecule has 1 aliphatic rings. The molecule has 2 unspecified atom stereocenters. The number of halogens is 1. The summed E-state index contributed by atoms with van der Waals surface area (Å²) in [6.07, 6.45) is 1.08. The van der Waals surface area contributed by atoms with Crippen LogP contribution >= 0.6 is 0 Å². The Bertz CT molecular complexity index is 424. The predicted octanol–water partition coefficient (Wildman–Crippen LogP) is 2.11. The predicted molar refractivity (Wildman–Crippen MR) is 81.3 cm³/mol. The summed E-state index contributed by atoms with van der Waals surface area (Å²) in [5, 5.41) is 3.60. The first-order valence-electron chi connectivity index (χ1n) is 7.49. The average Bonchev–Trinajstić information content (AvgIpc) is 2.43. The lowest BCUT2D eigenvalue weighted by Crippen LogP contribution is -2.55. The Morgan fingerprint density at radius 3 is 2.85 bits per heavy atom. The zero-order chi connectivity index (χ0) is 14.5. The maximum atomic E-state index is 13.5. The minimum atomic E-state index is -0.155. The topological polar surface area (TPSA) is 18.5 Å². The molecule has 0 radical (unpaired) electrons. The zero-order valence-corrected chi connectivity index (χ0v) is 12.8. The summed E-state index contributed by atoms with van der Waals surface area (Å²) in [7, 11) is 4.32. The summed E-state index contributed by atoms with van der Waals surface area (Å²) in [6, 6.07) is 7.56. The summed E-state index contributed by atoms with van der Waals surface area (Å²) < 4.78 is 13.5. The monoisotopic (exact) mass is 279 g/mol. The highest BCUT2D eigenvalue weighted by molar-refractivity contribution is 5.22. The van der Waals surface area contributed by atoms with Gasteiger partial charge in [0.2, 0.25) is 0 Å². The number of nitrogens with one attached hydrogen (secondary N) is 1. The number of benzene rings is 1. The molecule has 1 fully saturated rings. The van der Waals surface area contributed by atoms with Gasteiger partial charge in [-0.2, -0.15) is 0 Å². The van der Waals surface area contributed by atoms with Crippen LogP contribution in [0.4, 0.5) is 4.39 Å². The number of nitrogens with zero attached hydrogens (tertiary/aromatic N) is 2. The lowest BCUT2D eigenvalue weighted by atomic mass is 9.96. The van der Waals surface area contributed by atoms with Gasteiger partial charge in [-0.15, -0.1) is 0 Å². The molecular weight excluding hydrogens is 253 g/mol. The van der Waals surface area contributed by atoms with Crippen LogP contribution in [0.15, 0.2) is 24.3 Å². The van der Waals surface area contributed by atoms with Crippen molar-refractivity contribution < 1.29 is 4.39 Å². The molecule has 1 aliphatic heterocycles. The molecule has 1 heterocycles. The summed E-state index contributed by atoms with van der Waals surface area (Å²) in [5.41, 5.74) is 1.05. The number of hydrogen-bond acceptors (Lipinski definition) is 3. The van der Waals surface area contributed by atoms with Gasteiger partial charge in [0, 0.05) is 31.7 Å². The molecular formula is C16H26FN3. The van der Waals surface area contributed by atoms with Gasteiger partial charge >= 0.3 is 0 Å². The summed E-state index contributed by atoms with van der Waals surface area (Å²) in [5.74, 6) is -0.155. The zero-order valence-electron chi connectivity index (χ0n) is 12.8. The van der Waals surface area contributed by atoms with Crippen molar-refractivity contribution >= 4 is 0 Å². The van der Waals surface area contributed by atoms with Crippen LogP contribution in [0, 0.1) is 5.82 Å². The minimum Gasteiger partial charge on any atom is -0.309 e. The van der Waals surface area contributed by atoms with Crippen molar-refractivity contribution in [2.24, 2.45) is 0 Å². The third kappa shape index (κ3) is 3.78. The Balaban J connectivity index is 2.21. The third-order valence-electron chi connectivity index (χ3n) is 4.11. The molecule has 1 aromatic rings. The van der Waals surface area contributed by atoms with E-state index in [1.54, 1.807) is 12.1 Å². The van der Waals surface area contributed by atoms with Gasteiger partial charge in [-0.1, -0.05) is 19.1 Å². The molecule has 0 amide bonds. The van der Waals surface area contributed by atoms with Gasteiger partial charge in [0.1, 0.15) is 5.82 Å². The Hall–Kier alpha value is -0.970. The molecule has 0 aromatic heterocycles. The third-order valence-corrected chi connectivity index (χ3v) is 4.11. The number of hydrogen-bond donors (Lipinski definition) is 1. The highest BCUT2D eigenvalue weighted by Gasteiger charge is 2.30. The molecule has 0 spiro atoms. The normalized spacial score (nSPS) is 22.9. The molecule has 0 aliphatic carbocycles. The first-order valence-corrected chi connectivity index (χ1v) is 7.49. The van der Waals surface area contributed by atoms with Gasteiger partial charge in [-0.25, -0.2) is 4.39 Å².